The lowest BCUT2D eigenvalue weighted by atomic mass is 10.1. The number of benzene rings is 3. The van der Waals surface area contributed by atoms with Crippen LogP contribution in [0.4, 0.5) is 5.69 Å². The lowest BCUT2D eigenvalue weighted by molar-refractivity contribution is -0.121. The summed E-state index contributed by atoms with van der Waals surface area (Å²) in [6.45, 7) is 1.05. The van der Waals surface area contributed by atoms with Crippen molar-refractivity contribution in [2.75, 3.05) is 38.6 Å². The molecule has 6 nitrogen and oxygen atoms in total. The summed E-state index contributed by atoms with van der Waals surface area (Å²) >= 11 is 0. The van der Waals surface area contributed by atoms with Gasteiger partial charge in [-0.15, -0.1) is 0 Å². The van der Waals surface area contributed by atoms with Crippen LogP contribution in [0.2, 0.25) is 0 Å². The number of likely N-dealkylation sites (N-methyl/N-ethyl adjacent to an activating group) is 1. The van der Waals surface area contributed by atoms with E-state index in [9.17, 15) is 13.2 Å². The molecule has 3 aromatic rings. The van der Waals surface area contributed by atoms with Crippen LogP contribution in [-0.2, 0) is 14.8 Å². The molecule has 0 radical (unpaired) electrons. The third-order valence-electron chi connectivity index (χ3n) is 4.98. The molecule has 0 unspecified atom stereocenters. The number of nitrogens with zero attached hydrogens (tertiary/aromatic N) is 2. The van der Waals surface area contributed by atoms with Crippen LogP contribution in [0, 0.1) is 0 Å². The van der Waals surface area contributed by atoms with Crippen molar-refractivity contribution in [3.05, 3.63) is 72.8 Å². The molecule has 0 aliphatic carbocycles. The molecule has 0 heterocycles. The maximum atomic E-state index is 12.8. The van der Waals surface area contributed by atoms with Gasteiger partial charge in [-0.25, -0.2) is 8.42 Å². The molecule has 0 atom stereocenters. The maximum Gasteiger partial charge on any atom is 0.243 e. The van der Waals surface area contributed by atoms with Gasteiger partial charge < -0.3 is 10.2 Å². The zero-order valence-electron chi connectivity index (χ0n) is 17.3. The zero-order chi connectivity index (χ0) is 21.6. The molecule has 0 saturated heterocycles. The maximum absolute atomic E-state index is 12.8. The Morgan fingerprint density at radius 1 is 0.900 bits per heavy atom. The molecule has 1 amide bonds. The number of hydrogen-bond donors (Lipinski definition) is 1. The molecule has 0 fully saturated rings. The number of carbonyl (C=O) groups is 1. The molecular formula is C23H27N3O3S. The number of nitrogens with one attached hydrogen (secondary N) is 1. The zero-order valence-corrected chi connectivity index (χ0v) is 18.1. The molecule has 158 valence electrons. The average Bonchev–Trinajstić information content (AvgIpc) is 2.76. The summed E-state index contributed by atoms with van der Waals surface area (Å²) < 4.78 is 26.7. The molecule has 0 aliphatic heterocycles. The van der Waals surface area contributed by atoms with Gasteiger partial charge in [-0.05, 0) is 41.5 Å². The molecule has 7 heteroatoms. The lowest BCUT2D eigenvalue weighted by Crippen LogP contribution is -2.39. The van der Waals surface area contributed by atoms with Crippen molar-refractivity contribution in [2.24, 2.45) is 0 Å². The fourth-order valence-corrected chi connectivity index (χ4v) is 4.37. The third-order valence-corrected chi connectivity index (χ3v) is 6.78. The number of para-hydroxylation sites is 1. The van der Waals surface area contributed by atoms with Crippen molar-refractivity contribution in [1.82, 2.24) is 9.62 Å². The van der Waals surface area contributed by atoms with Gasteiger partial charge in [0.1, 0.15) is 0 Å². The van der Waals surface area contributed by atoms with Crippen molar-refractivity contribution < 1.29 is 13.2 Å². The third kappa shape index (κ3) is 5.37. The molecule has 0 saturated carbocycles. The largest absolute Gasteiger partial charge is 0.375 e. The van der Waals surface area contributed by atoms with Gasteiger partial charge in [-0.3, -0.25) is 4.79 Å². The van der Waals surface area contributed by atoms with Gasteiger partial charge in [-0.1, -0.05) is 48.5 Å². The molecular weight excluding hydrogens is 398 g/mol. The summed E-state index contributed by atoms with van der Waals surface area (Å²) in [5.74, 6) is -0.316. The summed E-state index contributed by atoms with van der Waals surface area (Å²) in [6, 6.07) is 22.6. The Bertz CT molecular complexity index is 1100. The van der Waals surface area contributed by atoms with Crippen molar-refractivity contribution >= 4 is 32.4 Å². The molecule has 30 heavy (non-hydrogen) atoms. The number of sulfonamides is 1. The van der Waals surface area contributed by atoms with Crippen LogP contribution < -0.4 is 10.2 Å². The number of anilines is 1. The number of rotatable bonds is 9. The Hall–Kier alpha value is -2.90. The van der Waals surface area contributed by atoms with Crippen molar-refractivity contribution in [1.29, 1.82) is 0 Å². The number of fused-ring (bicyclic) bond motifs is 1. The van der Waals surface area contributed by atoms with Crippen LogP contribution >= 0.6 is 0 Å². The summed E-state index contributed by atoms with van der Waals surface area (Å²) in [4.78, 5) is 14.5. The fourth-order valence-electron chi connectivity index (χ4n) is 3.21. The molecule has 0 bridgehead atoms. The quantitative estimate of drug-likeness (QED) is 0.535. The van der Waals surface area contributed by atoms with E-state index >= 15 is 0 Å². The highest BCUT2D eigenvalue weighted by atomic mass is 32.2. The molecule has 0 aromatic heterocycles. The van der Waals surface area contributed by atoms with Crippen LogP contribution in [0.1, 0.15) is 6.42 Å². The fraction of sp³-hybridized carbons (Fsp3) is 0.261. The Kier molecular flexibility index (Phi) is 7.07. The van der Waals surface area contributed by atoms with Gasteiger partial charge in [0, 0.05) is 32.9 Å². The van der Waals surface area contributed by atoms with Crippen LogP contribution in [-0.4, -0.2) is 52.4 Å². The first kappa shape index (κ1) is 21.8. The van der Waals surface area contributed by atoms with Gasteiger partial charge in [0.2, 0.25) is 15.9 Å². The Labute approximate surface area is 178 Å². The lowest BCUT2D eigenvalue weighted by Gasteiger charge is -2.20. The predicted molar refractivity (Wildman–Crippen MR) is 121 cm³/mol. The van der Waals surface area contributed by atoms with Crippen LogP contribution in [0.25, 0.3) is 10.8 Å². The van der Waals surface area contributed by atoms with Gasteiger partial charge in [0.05, 0.1) is 11.4 Å². The highest BCUT2D eigenvalue weighted by Crippen LogP contribution is 2.21. The summed E-state index contributed by atoms with van der Waals surface area (Å²) in [6.07, 6.45) is 0.762. The number of hydrogen-bond acceptors (Lipinski definition) is 4. The van der Waals surface area contributed by atoms with Crippen molar-refractivity contribution in [3.8, 4) is 0 Å². The van der Waals surface area contributed by atoms with E-state index in [0.717, 1.165) is 33.7 Å². The van der Waals surface area contributed by atoms with Crippen molar-refractivity contribution in [2.45, 2.75) is 11.3 Å². The molecule has 3 rings (SSSR count). The minimum absolute atomic E-state index is 0.181. The first-order valence-corrected chi connectivity index (χ1v) is 11.3. The van der Waals surface area contributed by atoms with Crippen LogP contribution in [0.15, 0.2) is 77.7 Å². The van der Waals surface area contributed by atoms with Crippen LogP contribution in [0.5, 0.6) is 0 Å². The van der Waals surface area contributed by atoms with E-state index in [4.69, 9.17) is 0 Å². The monoisotopic (exact) mass is 425 g/mol. The van der Waals surface area contributed by atoms with Gasteiger partial charge in [0.15, 0.2) is 0 Å². The number of amides is 1. The van der Waals surface area contributed by atoms with E-state index in [1.165, 1.54) is 7.05 Å². The van der Waals surface area contributed by atoms with Crippen molar-refractivity contribution in [3.63, 3.8) is 0 Å². The average molecular weight is 426 g/mol. The first-order valence-electron chi connectivity index (χ1n) is 9.86. The molecule has 0 spiro atoms. The number of carbonyl (C=O) groups excluding carboxylic acids is 1. The van der Waals surface area contributed by atoms with Gasteiger partial charge >= 0.3 is 0 Å². The predicted octanol–water partition coefficient (Wildman–Crippen LogP) is 3.10. The van der Waals surface area contributed by atoms with E-state index in [0.29, 0.717) is 6.54 Å². The standard InChI is InChI=1S/C23H27N3O3S/c1-25(21-11-4-3-5-12-21)16-8-15-24-23(27)18-26(2)30(28,29)22-14-13-19-9-6-7-10-20(19)17-22/h3-7,9-14,17H,8,15-16,18H2,1-2H3,(H,24,27). The normalized spacial score (nSPS) is 11.6. The second-order valence-electron chi connectivity index (χ2n) is 7.23. The van der Waals surface area contributed by atoms with E-state index < -0.39 is 10.0 Å². The van der Waals surface area contributed by atoms with Gasteiger partial charge in [0.25, 0.3) is 0 Å². The SMILES string of the molecule is CN(CCCNC(=O)CN(C)S(=O)(=O)c1ccc2ccccc2c1)c1ccccc1. The van der Waals surface area contributed by atoms with E-state index in [2.05, 4.69) is 10.2 Å². The van der Waals surface area contributed by atoms with E-state index in [1.807, 2.05) is 61.6 Å². The minimum atomic E-state index is -3.74. The summed E-state index contributed by atoms with van der Waals surface area (Å²) in [5.41, 5.74) is 1.12. The Morgan fingerprint density at radius 2 is 1.57 bits per heavy atom. The molecule has 1 N–H and O–H groups in total. The van der Waals surface area contributed by atoms with Crippen LogP contribution in [0.3, 0.4) is 0 Å². The summed E-state index contributed by atoms with van der Waals surface area (Å²) in [7, 11) is -0.316. The topological polar surface area (TPSA) is 69.7 Å². The second kappa shape index (κ2) is 9.73. The van der Waals surface area contributed by atoms with E-state index in [-0.39, 0.29) is 17.3 Å². The van der Waals surface area contributed by atoms with Gasteiger partial charge in [-0.2, -0.15) is 4.31 Å². The highest BCUT2D eigenvalue weighted by molar-refractivity contribution is 7.89. The summed E-state index contributed by atoms with van der Waals surface area (Å²) in [5, 5.41) is 4.62. The Balaban J connectivity index is 1.50. The molecule has 3 aromatic carbocycles. The minimum Gasteiger partial charge on any atom is -0.375 e. The first-order chi connectivity index (χ1) is 14.4. The second-order valence-corrected chi connectivity index (χ2v) is 9.28. The molecule has 0 aliphatic rings. The van der Waals surface area contributed by atoms with E-state index in [1.54, 1.807) is 18.2 Å². The Morgan fingerprint density at radius 3 is 2.30 bits per heavy atom. The smallest absolute Gasteiger partial charge is 0.243 e. The highest BCUT2D eigenvalue weighted by Gasteiger charge is 2.23.